The Morgan fingerprint density at radius 2 is 1.88 bits per heavy atom. The van der Waals surface area contributed by atoms with Crippen LogP contribution in [0.3, 0.4) is 0 Å². The van der Waals surface area contributed by atoms with Crippen LogP contribution >= 0.6 is 0 Å². The van der Waals surface area contributed by atoms with Gasteiger partial charge in [-0.15, -0.1) is 0 Å². The number of nitrogens with one attached hydrogen (secondary N) is 1. The summed E-state index contributed by atoms with van der Waals surface area (Å²) >= 11 is 0. The molecule has 0 bridgehead atoms. The van der Waals surface area contributed by atoms with Crippen molar-refractivity contribution in [3.8, 4) is 0 Å². The van der Waals surface area contributed by atoms with Gasteiger partial charge in [-0.2, -0.15) is 0 Å². The van der Waals surface area contributed by atoms with Gasteiger partial charge in [0.05, 0.1) is 12.7 Å². The van der Waals surface area contributed by atoms with Gasteiger partial charge in [-0.1, -0.05) is 48.5 Å². The van der Waals surface area contributed by atoms with Gasteiger partial charge in [-0.25, -0.2) is 0 Å². The van der Waals surface area contributed by atoms with Crippen molar-refractivity contribution in [2.24, 2.45) is 0 Å². The van der Waals surface area contributed by atoms with E-state index in [0.29, 0.717) is 18.8 Å². The number of rotatable bonds is 3. The minimum absolute atomic E-state index is 0.00109. The molecule has 24 heavy (non-hydrogen) atoms. The van der Waals surface area contributed by atoms with E-state index in [1.807, 2.05) is 42.5 Å². The summed E-state index contributed by atoms with van der Waals surface area (Å²) in [6, 6.07) is 18.0. The van der Waals surface area contributed by atoms with Gasteiger partial charge in [0, 0.05) is 24.5 Å². The molecule has 3 aromatic rings. The maximum Gasteiger partial charge on any atom is 0.270 e. The monoisotopic (exact) mass is 318 g/mol. The Kier molecular flexibility index (Phi) is 3.97. The summed E-state index contributed by atoms with van der Waals surface area (Å²) in [5, 5.41) is 4.85. The van der Waals surface area contributed by atoms with Crippen LogP contribution < -0.4 is 5.32 Å². The summed E-state index contributed by atoms with van der Waals surface area (Å²) < 4.78 is 5.84. The van der Waals surface area contributed by atoms with Crippen LogP contribution in [0, 0.1) is 0 Å². The predicted octanol–water partition coefficient (Wildman–Crippen LogP) is 3.11. The number of benzene rings is 2. The standard InChI is InChI=1S/C20H18N2O2/c23-20(19-18-8-4-3-5-14(18)9-10-21-19)22-12-17-11-15-6-1-2-7-16(15)13-24-17/h1-10,17H,11-13H2,(H,22,23). The van der Waals surface area contributed by atoms with Gasteiger partial charge < -0.3 is 10.1 Å². The molecular weight excluding hydrogens is 300 g/mol. The van der Waals surface area contributed by atoms with E-state index in [9.17, 15) is 4.79 Å². The zero-order chi connectivity index (χ0) is 16.4. The highest BCUT2D eigenvalue weighted by Gasteiger charge is 2.20. The minimum atomic E-state index is -0.158. The quantitative estimate of drug-likeness (QED) is 0.807. The first-order valence-corrected chi connectivity index (χ1v) is 8.11. The third-order valence-electron chi connectivity index (χ3n) is 4.42. The topological polar surface area (TPSA) is 51.2 Å². The molecule has 0 fully saturated rings. The predicted molar refractivity (Wildman–Crippen MR) is 92.8 cm³/mol. The molecule has 0 saturated heterocycles. The fourth-order valence-electron chi connectivity index (χ4n) is 3.13. The second-order valence-corrected chi connectivity index (χ2v) is 6.00. The SMILES string of the molecule is O=C(NCC1Cc2ccccc2CO1)c1nccc2ccccc12. The summed E-state index contributed by atoms with van der Waals surface area (Å²) in [5.74, 6) is -0.158. The van der Waals surface area contributed by atoms with Crippen LogP contribution in [0.4, 0.5) is 0 Å². The van der Waals surface area contributed by atoms with Crippen LogP contribution in [0.15, 0.2) is 60.8 Å². The summed E-state index contributed by atoms with van der Waals surface area (Å²) in [6.07, 6.45) is 2.49. The van der Waals surface area contributed by atoms with Crippen molar-refractivity contribution >= 4 is 16.7 Å². The number of amides is 1. The Balaban J connectivity index is 1.45. The molecular formula is C20H18N2O2. The fraction of sp³-hybridized carbons (Fsp3) is 0.200. The van der Waals surface area contributed by atoms with Crippen LogP contribution in [0.2, 0.25) is 0 Å². The summed E-state index contributed by atoms with van der Waals surface area (Å²) in [4.78, 5) is 16.8. The fourth-order valence-corrected chi connectivity index (χ4v) is 3.13. The van der Waals surface area contributed by atoms with E-state index in [-0.39, 0.29) is 12.0 Å². The van der Waals surface area contributed by atoms with Crippen molar-refractivity contribution in [3.05, 3.63) is 77.6 Å². The third-order valence-corrected chi connectivity index (χ3v) is 4.42. The average Bonchev–Trinajstić information content (AvgIpc) is 2.65. The average molecular weight is 318 g/mol. The van der Waals surface area contributed by atoms with Crippen molar-refractivity contribution < 1.29 is 9.53 Å². The number of ether oxygens (including phenoxy) is 1. The van der Waals surface area contributed by atoms with Gasteiger partial charge in [0.15, 0.2) is 0 Å². The molecule has 1 amide bonds. The van der Waals surface area contributed by atoms with Gasteiger partial charge in [-0.3, -0.25) is 9.78 Å². The first-order chi connectivity index (χ1) is 11.8. The zero-order valence-corrected chi connectivity index (χ0v) is 13.2. The lowest BCUT2D eigenvalue weighted by Crippen LogP contribution is -2.37. The molecule has 1 aromatic heterocycles. The van der Waals surface area contributed by atoms with E-state index < -0.39 is 0 Å². The van der Waals surface area contributed by atoms with Crippen LogP contribution in [-0.2, 0) is 17.8 Å². The van der Waals surface area contributed by atoms with Crippen molar-refractivity contribution in [1.29, 1.82) is 0 Å². The van der Waals surface area contributed by atoms with E-state index in [1.54, 1.807) is 6.20 Å². The van der Waals surface area contributed by atoms with E-state index in [1.165, 1.54) is 11.1 Å². The molecule has 1 unspecified atom stereocenters. The number of hydrogen-bond acceptors (Lipinski definition) is 3. The Morgan fingerprint density at radius 3 is 2.79 bits per heavy atom. The molecule has 2 heterocycles. The highest BCUT2D eigenvalue weighted by atomic mass is 16.5. The van der Waals surface area contributed by atoms with E-state index in [0.717, 1.165) is 17.2 Å². The molecule has 0 aliphatic carbocycles. The van der Waals surface area contributed by atoms with Crippen molar-refractivity contribution in [1.82, 2.24) is 10.3 Å². The third kappa shape index (κ3) is 2.88. The number of fused-ring (bicyclic) bond motifs is 2. The molecule has 0 radical (unpaired) electrons. The van der Waals surface area contributed by atoms with Gasteiger partial charge in [0.2, 0.25) is 0 Å². The molecule has 4 heteroatoms. The highest BCUT2D eigenvalue weighted by Crippen LogP contribution is 2.20. The van der Waals surface area contributed by atoms with Crippen molar-refractivity contribution in [2.75, 3.05) is 6.54 Å². The number of nitrogens with zero attached hydrogens (tertiary/aromatic N) is 1. The van der Waals surface area contributed by atoms with Crippen LogP contribution in [0.25, 0.3) is 10.8 Å². The number of carbonyl (C=O) groups excluding carboxylic acids is 1. The number of hydrogen-bond donors (Lipinski definition) is 1. The van der Waals surface area contributed by atoms with E-state index in [2.05, 4.69) is 22.4 Å². The summed E-state index contributed by atoms with van der Waals surface area (Å²) in [5.41, 5.74) is 2.99. The van der Waals surface area contributed by atoms with Crippen molar-refractivity contribution in [2.45, 2.75) is 19.1 Å². The smallest absolute Gasteiger partial charge is 0.270 e. The molecule has 4 rings (SSSR count). The van der Waals surface area contributed by atoms with Gasteiger partial charge >= 0.3 is 0 Å². The van der Waals surface area contributed by atoms with Crippen LogP contribution in [0.1, 0.15) is 21.6 Å². The molecule has 0 saturated carbocycles. The molecule has 1 aliphatic rings. The van der Waals surface area contributed by atoms with Crippen molar-refractivity contribution in [3.63, 3.8) is 0 Å². The van der Waals surface area contributed by atoms with Crippen LogP contribution in [-0.4, -0.2) is 23.5 Å². The molecule has 1 aliphatic heterocycles. The normalized spacial score (nSPS) is 16.6. The lowest BCUT2D eigenvalue weighted by Gasteiger charge is -2.25. The van der Waals surface area contributed by atoms with Gasteiger partial charge in [0.1, 0.15) is 5.69 Å². The molecule has 120 valence electrons. The number of aromatic nitrogens is 1. The lowest BCUT2D eigenvalue weighted by atomic mass is 9.99. The lowest BCUT2D eigenvalue weighted by molar-refractivity contribution is 0.0284. The van der Waals surface area contributed by atoms with Crippen LogP contribution in [0.5, 0.6) is 0 Å². The Morgan fingerprint density at radius 1 is 1.08 bits per heavy atom. The van der Waals surface area contributed by atoms with E-state index in [4.69, 9.17) is 4.74 Å². The first-order valence-electron chi connectivity index (χ1n) is 8.11. The summed E-state index contributed by atoms with van der Waals surface area (Å²) in [7, 11) is 0. The summed E-state index contributed by atoms with van der Waals surface area (Å²) in [6.45, 7) is 1.08. The van der Waals surface area contributed by atoms with Gasteiger partial charge in [-0.05, 0) is 22.6 Å². The maximum absolute atomic E-state index is 12.5. The zero-order valence-electron chi connectivity index (χ0n) is 13.2. The second-order valence-electron chi connectivity index (χ2n) is 6.00. The van der Waals surface area contributed by atoms with Gasteiger partial charge in [0.25, 0.3) is 5.91 Å². The molecule has 0 spiro atoms. The molecule has 1 atom stereocenters. The first kappa shape index (κ1) is 14.8. The maximum atomic E-state index is 12.5. The Bertz CT molecular complexity index is 886. The largest absolute Gasteiger partial charge is 0.371 e. The second kappa shape index (κ2) is 6.42. The Hall–Kier alpha value is -2.72. The number of carbonyl (C=O) groups is 1. The van der Waals surface area contributed by atoms with E-state index >= 15 is 0 Å². The molecule has 1 N–H and O–H groups in total. The minimum Gasteiger partial charge on any atom is -0.371 e. The number of pyridine rings is 1. The molecule has 4 nitrogen and oxygen atoms in total. The highest BCUT2D eigenvalue weighted by molar-refractivity contribution is 6.05. The molecule has 2 aromatic carbocycles. The Labute approximate surface area is 140 Å².